The lowest BCUT2D eigenvalue weighted by Crippen LogP contribution is -2.39. The van der Waals surface area contributed by atoms with E-state index in [-0.39, 0.29) is 24.2 Å². The number of carbonyl (C=O) groups is 1. The van der Waals surface area contributed by atoms with Crippen LogP contribution in [0.3, 0.4) is 0 Å². The van der Waals surface area contributed by atoms with E-state index in [1.807, 2.05) is 16.9 Å². The molecular formula is C11H19ClN4O. The highest BCUT2D eigenvalue weighted by Gasteiger charge is 2.19. The zero-order valence-electron chi connectivity index (χ0n) is 9.76. The molecule has 0 unspecified atom stereocenters. The third-order valence-electron chi connectivity index (χ3n) is 2.91. The van der Waals surface area contributed by atoms with Gasteiger partial charge in [0.15, 0.2) is 0 Å². The monoisotopic (exact) mass is 258 g/mol. The molecule has 1 aliphatic heterocycles. The first-order valence-corrected chi connectivity index (χ1v) is 5.82. The molecule has 2 heterocycles. The fourth-order valence-electron chi connectivity index (χ4n) is 1.95. The molecule has 1 aromatic rings. The molecule has 1 fully saturated rings. The van der Waals surface area contributed by atoms with Gasteiger partial charge in [0.25, 0.3) is 0 Å². The predicted molar refractivity (Wildman–Crippen MR) is 68.1 cm³/mol. The number of aromatic nitrogens is 2. The van der Waals surface area contributed by atoms with Gasteiger partial charge in [-0.25, -0.2) is 0 Å². The highest BCUT2D eigenvalue weighted by atomic mass is 35.5. The number of halogens is 1. The Morgan fingerprint density at radius 3 is 2.88 bits per heavy atom. The van der Waals surface area contributed by atoms with Gasteiger partial charge in [-0.2, -0.15) is 5.10 Å². The van der Waals surface area contributed by atoms with Crippen LogP contribution >= 0.6 is 12.4 Å². The minimum atomic E-state index is 0. The topological polar surface area (TPSA) is 59.0 Å². The van der Waals surface area contributed by atoms with Crippen LogP contribution in [-0.4, -0.2) is 35.3 Å². The molecule has 17 heavy (non-hydrogen) atoms. The number of amides is 1. The summed E-state index contributed by atoms with van der Waals surface area (Å²) in [6.07, 6.45) is 5.55. The van der Waals surface area contributed by atoms with E-state index in [0.717, 1.165) is 32.5 Å². The van der Waals surface area contributed by atoms with Crippen molar-refractivity contribution in [3.05, 3.63) is 18.5 Å². The van der Waals surface area contributed by atoms with Crippen molar-refractivity contribution in [2.24, 2.45) is 5.92 Å². The maximum Gasteiger partial charge on any atom is 0.223 e. The largest absolute Gasteiger partial charge is 0.354 e. The highest BCUT2D eigenvalue weighted by molar-refractivity contribution is 5.85. The van der Waals surface area contributed by atoms with Crippen molar-refractivity contribution in [2.75, 3.05) is 19.6 Å². The van der Waals surface area contributed by atoms with Crippen molar-refractivity contribution in [3.63, 3.8) is 0 Å². The van der Waals surface area contributed by atoms with Crippen LogP contribution in [0.1, 0.15) is 12.8 Å². The van der Waals surface area contributed by atoms with E-state index in [9.17, 15) is 4.79 Å². The maximum absolute atomic E-state index is 11.8. The summed E-state index contributed by atoms with van der Waals surface area (Å²) in [4.78, 5) is 11.8. The molecule has 1 amide bonds. The number of nitrogens with one attached hydrogen (secondary N) is 2. The molecule has 0 saturated carbocycles. The second-order valence-electron chi connectivity index (χ2n) is 4.08. The van der Waals surface area contributed by atoms with Gasteiger partial charge in [-0.05, 0) is 32.0 Å². The minimum absolute atomic E-state index is 0. The lowest BCUT2D eigenvalue weighted by Gasteiger charge is -2.21. The lowest BCUT2D eigenvalue weighted by atomic mass is 9.97. The van der Waals surface area contributed by atoms with E-state index in [0.29, 0.717) is 6.54 Å². The molecule has 2 N–H and O–H groups in total. The second kappa shape index (κ2) is 7.29. The standard InChI is InChI=1S/C11H18N4O.ClH/c16-11(10-2-5-12-6-3-10)13-7-9-15-8-1-4-14-15;/h1,4,8,10,12H,2-3,5-7,9H2,(H,13,16);1H. The molecule has 0 bridgehead atoms. The van der Waals surface area contributed by atoms with E-state index in [1.54, 1.807) is 6.20 Å². The number of hydrogen-bond donors (Lipinski definition) is 2. The summed E-state index contributed by atoms with van der Waals surface area (Å²) in [5, 5.41) is 10.3. The van der Waals surface area contributed by atoms with E-state index >= 15 is 0 Å². The van der Waals surface area contributed by atoms with Gasteiger partial charge in [-0.1, -0.05) is 0 Å². The van der Waals surface area contributed by atoms with Crippen molar-refractivity contribution in [1.29, 1.82) is 0 Å². The number of carbonyl (C=O) groups excluding carboxylic acids is 1. The van der Waals surface area contributed by atoms with Crippen LogP contribution in [0.5, 0.6) is 0 Å². The smallest absolute Gasteiger partial charge is 0.223 e. The van der Waals surface area contributed by atoms with Crippen LogP contribution in [0, 0.1) is 5.92 Å². The highest BCUT2D eigenvalue weighted by Crippen LogP contribution is 2.10. The summed E-state index contributed by atoms with van der Waals surface area (Å²) in [6.45, 7) is 3.31. The van der Waals surface area contributed by atoms with Gasteiger partial charge in [0, 0.05) is 24.9 Å². The Balaban J connectivity index is 0.00000144. The zero-order valence-corrected chi connectivity index (χ0v) is 10.6. The predicted octanol–water partition coefficient (Wildman–Crippen LogP) is 0.421. The molecule has 0 aliphatic carbocycles. The molecule has 0 atom stereocenters. The van der Waals surface area contributed by atoms with Crippen LogP contribution in [0.2, 0.25) is 0 Å². The number of piperidine rings is 1. The summed E-state index contributed by atoms with van der Waals surface area (Å²) in [5.41, 5.74) is 0. The third-order valence-corrected chi connectivity index (χ3v) is 2.91. The first kappa shape index (κ1) is 14.0. The SMILES string of the molecule is Cl.O=C(NCCn1cccn1)C1CCNCC1. The van der Waals surface area contributed by atoms with Crippen molar-refractivity contribution < 1.29 is 4.79 Å². The van der Waals surface area contributed by atoms with Gasteiger partial charge in [0.1, 0.15) is 0 Å². The Morgan fingerprint density at radius 1 is 1.47 bits per heavy atom. The molecule has 0 aromatic carbocycles. The Bertz CT molecular complexity index is 322. The third kappa shape index (κ3) is 4.36. The Kier molecular flexibility index (Phi) is 6.00. The fourth-order valence-corrected chi connectivity index (χ4v) is 1.95. The van der Waals surface area contributed by atoms with Crippen LogP contribution < -0.4 is 10.6 Å². The van der Waals surface area contributed by atoms with Gasteiger partial charge in [-0.15, -0.1) is 12.4 Å². The summed E-state index contributed by atoms with van der Waals surface area (Å²) in [7, 11) is 0. The molecule has 5 nitrogen and oxygen atoms in total. The van der Waals surface area contributed by atoms with Crippen molar-refractivity contribution in [3.8, 4) is 0 Å². The maximum atomic E-state index is 11.8. The molecule has 0 spiro atoms. The molecule has 0 radical (unpaired) electrons. The molecule has 6 heteroatoms. The number of nitrogens with zero attached hydrogens (tertiary/aromatic N) is 2. The summed E-state index contributed by atoms with van der Waals surface area (Å²) >= 11 is 0. The summed E-state index contributed by atoms with van der Waals surface area (Å²) in [5.74, 6) is 0.382. The van der Waals surface area contributed by atoms with Gasteiger partial charge in [0.05, 0.1) is 6.54 Å². The first-order chi connectivity index (χ1) is 7.86. The minimum Gasteiger partial charge on any atom is -0.354 e. The van der Waals surface area contributed by atoms with E-state index in [2.05, 4.69) is 15.7 Å². The molecule has 1 aromatic heterocycles. The summed E-state index contributed by atoms with van der Waals surface area (Å²) in [6, 6.07) is 1.88. The second-order valence-corrected chi connectivity index (χ2v) is 4.08. The van der Waals surface area contributed by atoms with Crippen LogP contribution in [-0.2, 0) is 11.3 Å². The van der Waals surface area contributed by atoms with Gasteiger partial charge < -0.3 is 10.6 Å². The van der Waals surface area contributed by atoms with Gasteiger partial charge in [0.2, 0.25) is 5.91 Å². The first-order valence-electron chi connectivity index (χ1n) is 5.82. The zero-order chi connectivity index (χ0) is 11.2. The average molecular weight is 259 g/mol. The Morgan fingerprint density at radius 2 is 2.24 bits per heavy atom. The van der Waals surface area contributed by atoms with Gasteiger partial charge >= 0.3 is 0 Å². The normalized spacial score (nSPS) is 16.2. The molecule has 1 aliphatic rings. The molecule has 96 valence electrons. The van der Waals surface area contributed by atoms with Gasteiger partial charge in [-0.3, -0.25) is 9.48 Å². The van der Waals surface area contributed by atoms with E-state index < -0.39 is 0 Å². The van der Waals surface area contributed by atoms with Crippen LogP contribution in [0.4, 0.5) is 0 Å². The lowest BCUT2D eigenvalue weighted by molar-refractivity contribution is -0.125. The molecule has 2 rings (SSSR count). The van der Waals surface area contributed by atoms with Crippen molar-refractivity contribution in [2.45, 2.75) is 19.4 Å². The molecule has 1 saturated heterocycles. The van der Waals surface area contributed by atoms with Crippen LogP contribution in [0.25, 0.3) is 0 Å². The number of rotatable bonds is 4. The Hall–Kier alpha value is -1.07. The van der Waals surface area contributed by atoms with Crippen molar-refractivity contribution >= 4 is 18.3 Å². The fraction of sp³-hybridized carbons (Fsp3) is 0.636. The van der Waals surface area contributed by atoms with Crippen molar-refractivity contribution in [1.82, 2.24) is 20.4 Å². The average Bonchev–Trinajstić information content (AvgIpc) is 2.83. The molecular weight excluding hydrogens is 240 g/mol. The Labute approximate surface area is 107 Å². The summed E-state index contributed by atoms with van der Waals surface area (Å²) < 4.78 is 1.82. The number of hydrogen-bond acceptors (Lipinski definition) is 3. The van der Waals surface area contributed by atoms with E-state index in [4.69, 9.17) is 0 Å². The quantitative estimate of drug-likeness (QED) is 0.823. The van der Waals surface area contributed by atoms with E-state index in [1.165, 1.54) is 0 Å². The van der Waals surface area contributed by atoms with Crippen LogP contribution in [0.15, 0.2) is 18.5 Å².